The SMILES string of the molecule is CCCCCCCCCCCCCCCC(=O)NC(CCCCN)C(S)C(=O)N(CCCC)C(S)C(=O)NCC(=O)NC(C=O)Cc1ccccc1. The molecule has 0 fully saturated rings. The highest BCUT2D eigenvalue weighted by atomic mass is 32.1. The Hall–Kier alpha value is -2.57. The number of unbranched alkanes of at least 4 members (excludes halogenated alkanes) is 14. The summed E-state index contributed by atoms with van der Waals surface area (Å²) >= 11 is 9.18. The fourth-order valence-corrected chi connectivity index (χ4v) is 6.78. The normalized spacial score (nSPS) is 13.4. The summed E-state index contributed by atoms with van der Waals surface area (Å²) in [7, 11) is 0. The summed E-state index contributed by atoms with van der Waals surface area (Å²) in [5.41, 5.74) is 6.62. The standard InChI is InChI=1S/C40H69N5O5S2/c1-3-5-7-8-9-10-11-12-13-14-15-16-20-26-35(47)44-34(25-21-22-27-41)37(51)39(50)45(28-6-4-2)40(52)38(49)42-30-36(48)43-33(31-46)29-32-23-18-17-19-24-32/h17-19,23-24,31,33-34,37,40,51-52H,3-16,20-22,25-30,41H2,1-2H3,(H,42,49)(H,43,48)(H,44,47). The summed E-state index contributed by atoms with van der Waals surface area (Å²) in [4.78, 5) is 65.5. The van der Waals surface area contributed by atoms with Crippen LogP contribution < -0.4 is 21.7 Å². The quantitative estimate of drug-likeness (QED) is 0.0219. The zero-order chi connectivity index (χ0) is 38.4. The molecule has 0 aliphatic heterocycles. The minimum absolute atomic E-state index is 0.111. The average Bonchev–Trinajstić information content (AvgIpc) is 3.15. The van der Waals surface area contributed by atoms with Gasteiger partial charge in [-0.25, -0.2) is 0 Å². The van der Waals surface area contributed by atoms with Crippen molar-refractivity contribution in [2.75, 3.05) is 19.6 Å². The van der Waals surface area contributed by atoms with Crippen molar-refractivity contribution in [3.63, 3.8) is 0 Å². The van der Waals surface area contributed by atoms with Crippen molar-refractivity contribution in [2.45, 2.75) is 165 Å². The van der Waals surface area contributed by atoms with Crippen LogP contribution in [0.3, 0.4) is 0 Å². The van der Waals surface area contributed by atoms with Gasteiger partial charge in [0, 0.05) is 19.0 Å². The zero-order valence-corrected chi connectivity index (χ0v) is 33.8. The number of nitrogens with zero attached hydrogens (tertiary/aromatic N) is 1. The molecule has 4 unspecified atom stereocenters. The summed E-state index contributed by atoms with van der Waals surface area (Å²) in [6.45, 7) is 4.60. The van der Waals surface area contributed by atoms with Crippen LogP contribution in [0.1, 0.15) is 141 Å². The van der Waals surface area contributed by atoms with E-state index in [4.69, 9.17) is 5.73 Å². The molecular weight excluding hydrogens is 695 g/mol. The molecule has 0 saturated carbocycles. The van der Waals surface area contributed by atoms with Crippen LogP contribution >= 0.6 is 25.3 Å². The van der Waals surface area contributed by atoms with E-state index in [9.17, 15) is 24.0 Å². The van der Waals surface area contributed by atoms with E-state index in [-0.39, 0.29) is 19.0 Å². The minimum Gasteiger partial charge on any atom is -0.352 e. The third-order valence-electron chi connectivity index (χ3n) is 9.25. The van der Waals surface area contributed by atoms with Gasteiger partial charge >= 0.3 is 0 Å². The third-order valence-corrected chi connectivity index (χ3v) is 10.3. The summed E-state index contributed by atoms with van der Waals surface area (Å²) < 4.78 is 0. The van der Waals surface area contributed by atoms with Gasteiger partial charge in [-0.15, -0.1) is 12.6 Å². The molecule has 0 aromatic heterocycles. The third kappa shape index (κ3) is 21.8. The van der Waals surface area contributed by atoms with E-state index in [2.05, 4.69) is 48.1 Å². The van der Waals surface area contributed by atoms with Gasteiger partial charge in [-0.2, -0.15) is 12.6 Å². The molecule has 1 aromatic rings. The van der Waals surface area contributed by atoms with Crippen molar-refractivity contribution in [3.8, 4) is 0 Å². The first-order valence-corrected chi connectivity index (χ1v) is 20.9. The molecule has 0 radical (unpaired) electrons. The largest absolute Gasteiger partial charge is 0.352 e. The molecule has 0 heterocycles. The van der Waals surface area contributed by atoms with Crippen LogP contribution in [0.25, 0.3) is 0 Å². The van der Waals surface area contributed by atoms with Crippen LogP contribution in [-0.4, -0.2) is 77.2 Å². The summed E-state index contributed by atoms with van der Waals surface area (Å²) in [6.07, 6.45) is 20.7. The summed E-state index contributed by atoms with van der Waals surface area (Å²) in [6, 6.07) is 8.00. The van der Waals surface area contributed by atoms with Gasteiger partial charge in [-0.05, 0) is 44.2 Å². The Balaban J connectivity index is 2.65. The van der Waals surface area contributed by atoms with E-state index in [1.54, 1.807) is 0 Å². The van der Waals surface area contributed by atoms with E-state index in [1.807, 2.05) is 37.3 Å². The number of carbonyl (C=O) groups is 5. The molecule has 52 heavy (non-hydrogen) atoms. The van der Waals surface area contributed by atoms with Gasteiger partial charge in [0.1, 0.15) is 11.5 Å². The van der Waals surface area contributed by atoms with Crippen molar-refractivity contribution >= 4 is 55.2 Å². The Morgan fingerprint density at radius 3 is 1.88 bits per heavy atom. The monoisotopic (exact) mass is 763 g/mol. The second-order valence-corrected chi connectivity index (χ2v) is 14.9. The van der Waals surface area contributed by atoms with Crippen LogP contribution in [0.4, 0.5) is 0 Å². The maximum Gasteiger partial charge on any atom is 0.253 e. The number of thiol groups is 2. The Labute approximate surface area is 325 Å². The van der Waals surface area contributed by atoms with Crippen LogP contribution in [0.2, 0.25) is 0 Å². The molecule has 10 nitrogen and oxygen atoms in total. The van der Waals surface area contributed by atoms with E-state index in [1.165, 1.54) is 69.1 Å². The Morgan fingerprint density at radius 2 is 1.33 bits per heavy atom. The minimum atomic E-state index is -1.18. The smallest absolute Gasteiger partial charge is 0.253 e. The van der Waals surface area contributed by atoms with Crippen molar-refractivity contribution in [1.82, 2.24) is 20.9 Å². The average molecular weight is 764 g/mol. The predicted molar refractivity (Wildman–Crippen MR) is 218 cm³/mol. The molecule has 1 aromatic carbocycles. The predicted octanol–water partition coefficient (Wildman–Crippen LogP) is 6.31. The number of aldehydes is 1. The van der Waals surface area contributed by atoms with E-state index in [0.717, 1.165) is 37.7 Å². The number of rotatable bonds is 32. The van der Waals surface area contributed by atoms with Crippen LogP contribution in [0.5, 0.6) is 0 Å². The molecule has 296 valence electrons. The van der Waals surface area contributed by atoms with Crippen LogP contribution in [-0.2, 0) is 30.4 Å². The Kier molecular flexibility index (Phi) is 28.1. The van der Waals surface area contributed by atoms with Gasteiger partial charge in [0.2, 0.25) is 17.7 Å². The van der Waals surface area contributed by atoms with Gasteiger partial charge in [-0.1, -0.05) is 134 Å². The van der Waals surface area contributed by atoms with E-state index < -0.39 is 40.4 Å². The number of nitrogens with two attached hydrogens (primary N) is 1. The number of hydrogen-bond donors (Lipinski definition) is 6. The van der Waals surface area contributed by atoms with Gasteiger partial charge in [0.25, 0.3) is 5.91 Å². The topological polar surface area (TPSA) is 151 Å². The first-order valence-electron chi connectivity index (χ1n) is 19.9. The number of benzene rings is 1. The molecular formula is C40H69N5O5S2. The fourth-order valence-electron chi connectivity index (χ4n) is 6.08. The lowest BCUT2D eigenvalue weighted by Crippen LogP contribution is -2.55. The lowest BCUT2D eigenvalue weighted by atomic mass is 10.0. The van der Waals surface area contributed by atoms with Crippen LogP contribution in [0.15, 0.2) is 30.3 Å². The maximum atomic E-state index is 13.9. The fraction of sp³-hybridized carbons (Fsp3) is 0.725. The first-order chi connectivity index (χ1) is 25.2. The highest BCUT2D eigenvalue weighted by molar-refractivity contribution is 7.82. The zero-order valence-electron chi connectivity index (χ0n) is 32.0. The molecule has 1 rings (SSSR count). The second kappa shape index (κ2) is 30.8. The number of amides is 4. The maximum absolute atomic E-state index is 13.9. The Bertz CT molecular complexity index is 1130. The molecule has 0 saturated heterocycles. The molecule has 5 N–H and O–H groups in total. The lowest BCUT2D eigenvalue weighted by Gasteiger charge is -2.33. The van der Waals surface area contributed by atoms with Crippen molar-refractivity contribution < 1.29 is 24.0 Å². The summed E-state index contributed by atoms with van der Waals surface area (Å²) in [5.74, 6) is -1.69. The van der Waals surface area contributed by atoms with Crippen molar-refractivity contribution in [1.29, 1.82) is 0 Å². The van der Waals surface area contributed by atoms with Crippen molar-refractivity contribution in [3.05, 3.63) is 35.9 Å². The number of nitrogens with one attached hydrogen (secondary N) is 3. The van der Waals surface area contributed by atoms with Gasteiger partial charge in [0.05, 0.1) is 12.6 Å². The van der Waals surface area contributed by atoms with E-state index in [0.29, 0.717) is 44.9 Å². The Morgan fingerprint density at radius 1 is 0.750 bits per heavy atom. The van der Waals surface area contributed by atoms with Gasteiger partial charge < -0.3 is 31.4 Å². The van der Waals surface area contributed by atoms with E-state index >= 15 is 0 Å². The van der Waals surface area contributed by atoms with Crippen molar-refractivity contribution in [2.24, 2.45) is 5.73 Å². The highest BCUT2D eigenvalue weighted by Gasteiger charge is 2.34. The molecule has 0 aliphatic carbocycles. The summed E-state index contributed by atoms with van der Waals surface area (Å²) in [5, 5.41) is 6.13. The molecule has 0 bridgehead atoms. The van der Waals surface area contributed by atoms with Gasteiger partial charge in [0.15, 0.2) is 5.37 Å². The molecule has 4 atom stereocenters. The molecule has 4 amide bonds. The lowest BCUT2D eigenvalue weighted by molar-refractivity contribution is -0.138. The second-order valence-electron chi connectivity index (χ2n) is 13.9. The molecule has 0 aliphatic rings. The number of carbonyl (C=O) groups excluding carboxylic acids is 5. The molecule has 12 heteroatoms. The number of hydrogen-bond acceptors (Lipinski definition) is 8. The van der Waals surface area contributed by atoms with Gasteiger partial charge in [-0.3, -0.25) is 19.2 Å². The van der Waals surface area contributed by atoms with Crippen LogP contribution in [0, 0.1) is 0 Å². The first kappa shape index (κ1) is 47.5. The molecule has 0 spiro atoms. The highest BCUT2D eigenvalue weighted by Crippen LogP contribution is 2.19.